The number of rotatable bonds is 7. The number of aliphatic imine (C=N–C) groups is 1. The van der Waals surface area contributed by atoms with Crippen LogP contribution >= 0.6 is 0 Å². The summed E-state index contributed by atoms with van der Waals surface area (Å²) in [6, 6.07) is 13.4. The smallest absolute Gasteiger partial charge is 0.255 e. The van der Waals surface area contributed by atoms with E-state index in [-0.39, 0.29) is 30.1 Å². The largest absolute Gasteiger partial charge is 0.496 e. The monoisotopic (exact) mass is 479 g/mol. The van der Waals surface area contributed by atoms with Crippen LogP contribution in [-0.2, 0) is 10.2 Å². The van der Waals surface area contributed by atoms with Crippen LogP contribution in [0.5, 0.6) is 5.75 Å². The normalized spacial score (nSPS) is 15.1. The number of guanidine groups is 1. The molecule has 0 bridgehead atoms. The fraction of sp³-hybridized carbons (Fsp3) is 0.385. The summed E-state index contributed by atoms with van der Waals surface area (Å²) in [6.45, 7) is 3.12. The molecule has 2 N–H and O–H groups in total. The first kappa shape index (κ1) is 25.7. The van der Waals surface area contributed by atoms with E-state index in [9.17, 15) is 14.0 Å². The molecule has 0 spiro atoms. The molecule has 1 fully saturated rings. The van der Waals surface area contributed by atoms with Gasteiger partial charge in [-0.15, -0.1) is 4.99 Å². The standard InChI is InChI=1S/C26H30FN5O3/c1-3-7-23(33)31-25(30-18-28)32-14-12-26(13-15-32,19-8-6-9-20(27)16-19)17-29-24(34)21-10-4-5-11-22(21)35-2/h4-6,8-11,16H,3,7,12-15,17H2,1-2H3,(H,29,34)(H,30,31,33). The molecular formula is C26H30FN5O3. The van der Waals surface area contributed by atoms with E-state index in [0.29, 0.717) is 50.1 Å². The molecular weight excluding hydrogens is 449 g/mol. The zero-order chi connectivity index (χ0) is 25.3. The molecule has 0 radical (unpaired) electrons. The van der Waals surface area contributed by atoms with Crippen LogP contribution in [0, 0.1) is 17.3 Å². The molecule has 184 valence electrons. The molecule has 0 aromatic heterocycles. The van der Waals surface area contributed by atoms with Crippen molar-refractivity contribution in [2.45, 2.75) is 38.0 Å². The lowest BCUT2D eigenvalue weighted by molar-refractivity contribution is -0.119. The number of ether oxygens (including phenoxy) is 1. The molecule has 0 atom stereocenters. The molecule has 1 aliphatic heterocycles. The summed E-state index contributed by atoms with van der Waals surface area (Å²) in [5, 5.41) is 14.8. The Morgan fingerprint density at radius 1 is 1.20 bits per heavy atom. The molecule has 2 aromatic carbocycles. The number of amides is 2. The van der Waals surface area contributed by atoms with Gasteiger partial charge in [-0.1, -0.05) is 31.2 Å². The first-order chi connectivity index (χ1) is 16.9. The van der Waals surface area contributed by atoms with Gasteiger partial charge in [-0.3, -0.25) is 14.9 Å². The predicted molar refractivity (Wildman–Crippen MR) is 130 cm³/mol. The predicted octanol–water partition coefficient (Wildman–Crippen LogP) is 3.35. The molecule has 1 heterocycles. The Balaban J connectivity index is 1.80. The van der Waals surface area contributed by atoms with E-state index in [0.717, 1.165) is 5.56 Å². The zero-order valence-electron chi connectivity index (χ0n) is 20.0. The SMILES string of the molecule is CCCC(=O)N/C(=N\C#N)N1CCC(CNC(=O)c2ccccc2OC)(c2cccc(F)c2)CC1. The first-order valence-electron chi connectivity index (χ1n) is 11.6. The lowest BCUT2D eigenvalue weighted by Gasteiger charge is -2.43. The van der Waals surface area contributed by atoms with Crippen molar-refractivity contribution in [1.82, 2.24) is 15.5 Å². The van der Waals surface area contributed by atoms with E-state index in [1.54, 1.807) is 36.5 Å². The van der Waals surface area contributed by atoms with E-state index < -0.39 is 5.41 Å². The van der Waals surface area contributed by atoms with E-state index in [2.05, 4.69) is 15.6 Å². The third kappa shape index (κ3) is 6.35. The van der Waals surface area contributed by atoms with Crippen LogP contribution < -0.4 is 15.4 Å². The van der Waals surface area contributed by atoms with Crippen LogP contribution in [0.1, 0.15) is 48.5 Å². The molecule has 0 unspecified atom stereocenters. The Bertz CT molecular complexity index is 1120. The van der Waals surface area contributed by atoms with Crippen molar-refractivity contribution < 1.29 is 18.7 Å². The Morgan fingerprint density at radius 3 is 2.60 bits per heavy atom. The van der Waals surface area contributed by atoms with Crippen molar-refractivity contribution in [1.29, 1.82) is 5.26 Å². The van der Waals surface area contributed by atoms with Crippen molar-refractivity contribution in [3.63, 3.8) is 0 Å². The number of nitriles is 1. The number of nitrogens with zero attached hydrogens (tertiary/aromatic N) is 3. The number of benzene rings is 2. The van der Waals surface area contributed by atoms with Gasteiger partial charge in [0, 0.05) is 31.5 Å². The van der Waals surface area contributed by atoms with Gasteiger partial charge < -0.3 is 15.0 Å². The minimum atomic E-state index is -0.540. The summed E-state index contributed by atoms with van der Waals surface area (Å²) in [7, 11) is 1.51. The van der Waals surface area contributed by atoms with Gasteiger partial charge in [0.2, 0.25) is 18.1 Å². The van der Waals surface area contributed by atoms with Crippen LogP contribution in [0.4, 0.5) is 4.39 Å². The van der Waals surface area contributed by atoms with E-state index in [1.807, 2.05) is 17.9 Å². The number of halogens is 1. The van der Waals surface area contributed by atoms with Crippen molar-refractivity contribution in [3.05, 3.63) is 65.5 Å². The maximum atomic E-state index is 14.2. The molecule has 0 aliphatic carbocycles. The second-order valence-electron chi connectivity index (χ2n) is 8.49. The van der Waals surface area contributed by atoms with Crippen LogP contribution in [0.25, 0.3) is 0 Å². The highest BCUT2D eigenvalue weighted by molar-refractivity contribution is 5.98. The Labute approximate surface area is 204 Å². The molecule has 35 heavy (non-hydrogen) atoms. The van der Waals surface area contributed by atoms with Crippen molar-refractivity contribution >= 4 is 17.8 Å². The van der Waals surface area contributed by atoms with Gasteiger partial charge in [-0.05, 0) is 49.1 Å². The minimum Gasteiger partial charge on any atom is -0.496 e. The number of carbonyl (C=O) groups is 2. The van der Waals surface area contributed by atoms with Crippen molar-refractivity contribution in [2.75, 3.05) is 26.7 Å². The van der Waals surface area contributed by atoms with E-state index in [1.165, 1.54) is 19.2 Å². The van der Waals surface area contributed by atoms with Crippen molar-refractivity contribution in [3.8, 4) is 11.9 Å². The van der Waals surface area contributed by atoms with Crippen LogP contribution in [0.2, 0.25) is 0 Å². The fourth-order valence-electron chi connectivity index (χ4n) is 4.35. The van der Waals surface area contributed by atoms with Crippen LogP contribution in [0.3, 0.4) is 0 Å². The average Bonchev–Trinajstić information content (AvgIpc) is 2.87. The molecule has 9 heteroatoms. The Kier molecular flexibility index (Phi) is 8.79. The second-order valence-corrected chi connectivity index (χ2v) is 8.49. The van der Waals surface area contributed by atoms with Crippen molar-refractivity contribution in [2.24, 2.45) is 4.99 Å². The summed E-state index contributed by atoms with van der Waals surface area (Å²) < 4.78 is 19.5. The van der Waals surface area contributed by atoms with Gasteiger partial charge in [0.15, 0.2) is 0 Å². The number of likely N-dealkylation sites (tertiary alicyclic amines) is 1. The summed E-state index contributed by atoms with van der Waals surface area (Å²) in [6.07, 6.45) is 3.87. The molecule has 8 nitrogen and oxygen atoms in total. The van der Waals surface area contributed by atoms with E-state index in [4.69, 9.17) is 10.00 Å². The van der Waals surface area contributed by atoms with Crippen LogP contribution in [-0.4, -0.2) is 49.4 Å². The number of methoxy groups -OCH3 is 1. The Morgan fingerprint density at radius 2 is 1.94 bits per heavy atom. The molecule has 2 aromatic rings. The van der Waals surface area contributed by atoms with Gasteiger partial charge in [-0.2, -0.15) is 5.26 Å². The number of piperidine rings is 1. The summed E-state index contributed by atoms with van der Waals surface area (Å²) in [5.41, 5.74) is 0.664. The van der Waals surface area contributed by atoms with Crippen LogP contribution in [0.15, 0.2) is 53.5 Å². The lowest BCUT2D eigenvalue weighted by Crippen LogP contribution is -2.53. The quantitative estimate of drug-likeness (QED) is 0.360. The number of nitrogens with one attached hydrogen (secondary N) is 2. The molecule has 1 saturated heterocycles. The average molecular weight is 480 g/mol. The second kappa shape index (κ2) is 12.0. The summed E-state index contributed by atoms with van der Waals surface area (Å²) >= 11 is 0. The zero-order valence-corrected chi connectivity index (χ0v) is 20.0. The number of hydrogen-bond acceptors (Lipinski definition) is 5. The van der Waals surface area contributed by atoms with Gasteiger partial charge in [0.05, 0.1) is 12.7 Å². The third-order valence-electron chi connectivity index (χ3n) is 6.28. The lowest BCUT2D eigenvalue weighted by atomic mass is 9.72. The molecule has 0 saturated carbocycles. The maximum Gasteiger partial charge on any atom is 0.255 e. The third-order valence-corrected chi connectivity index (χ3v) is 6.28. The minimum absolute atomic E-state index is 0.201. The number of para-hydroxylation sites is 1. The highest BCUT2D eigenvalue weighted by Crippen LogP contribution is 2.36. The van der Waals surface area contributed by atoms with E-state index >= 15 is 0 Å². The highest BCUT2D eigenvalue weighted by Gasteiger charge is 2.38. The topological polar surface area (TPSA) is 107 Å². The van der Waals surface area contributed by atoms with Gasteiger partial charge in [-0.25, -0.2) is 4.39 Å². The fourth-order valence-corrected chi connectivity index (χ4v) is 4.35. The number of hydrogen-bond donors (Lipinski definition) is 2. The highest BCUT2D eigenvalue weighted by atomic mass is 19.1. The maximum absolute atomic E-state index is 14.2. The first-order valence-corrected chi connectivity index (χ1v) is 11.6. The molecule has 3 rings (SSSR count). The van der Waals surface area contributed by atoms with Gasteiger partial charge >= 0.3 is 0 Å². The Hall–Kier alpha value is -3.93. The molecule has 2 amide bonds. The summed E-state index contributed by atoms with van der Waals surface area (Å²) in [5.74, 6) is -0.137. The molecule has 1 aliphatic rings. The van der Waals surface area contributed by atoms with Gasteiger partial charge in [0.25, 0.3) is 5.91 Å². The number of carbonyl (C=O) groups excluding carboxylic acids is 2. The van der Waals surface area contributed by atoms with Gasteiger partial charge in [0.1, 0.15) is 11.6 Å². The summed E-state index contributed by atoms with van der Waals surface area (Å²) in [4.78, 5) is 30.7.